The Labute approximate surface area is 274 Å². The molecular weight excluding hydrogens is 620 g/mol. The molecule has 0 radical (unpaired) electrons. The number of carbonyl (C=O) groups excluding carboxylic acids is 3. The number of aliphatic hydroxyl groups excluding tert-OH is 1. The maximum absolute atomic E-state index is 13.9. The largest absolute Gasteiger partial charge is 0.505 e. The maximum Gasteiger partial charge on any atom is 0.350 e. The van der Waals surface area contributed by atoms with Gasteiger partial charge in [-0.2, -0.15) is 0 Å². The second kappa shape index (κ2) is 13.1. The van der Waals surface area contributed by atoms with Crippen molar-refractivity contribution in [2.24, 2.45) is 0 Å². The number of fused-ring (bicyclic) bond motifs is 1. The van der Waals surface area contributed by atoms with Gasteiger partial charge in [-0.3, -0.25) is 18.9 Å². The second-order valence-electron chi connectivity index (χ2n) is 10.7. The number of aliphatic hydroxyl groups is 1. The van der Waals surface area contributed by atoms with Crippen LogP contribution in [-0.2, 0) is 20.9 Å². The first kappa shape index (κ1) is 31.5. The predicted molar refractivity (Wildman–Crippen MR) is 176 cm³/mol. The molecule has 240 valence electrons. The summed E-state index contributed by atoms with van der Waals surface area (Å²) in [5, 5.41) is 12.0. The smallest absolute Gasteiger partial charge is 0.350 e. The molecule has 0 spiro atoms. The van der Waals surface area contributed by atoms with E-state index in [0.717, 1.165) is 16.9 Å². The van der Waals surface area contributed by atoms with Crippen molar-refractivity contribution in [3.05, 3.63) is 112 Å². The summed E-state index contributed by atoms with van der Waals surface area (Å²) in [5.74, 6) is -1.95. The lowest BCUT2D eigenvalue weighted by Gasteiger charge is -2.24. The van der Waals surface area contributed by atoms with Crippen LogP contribution in [0.25, 0.3) is 11.4 Å². The fraction of sp³-hybridized carbons (Fsp3) is 0.229. The van der Waals surface area contributed by atoms with Gasteiger partial charge in [-0.1, -0.05) is 53.8 Å². The quantitative estimate of drug-likeness (QED) is 0.0812. The van der Waals surface area contributed by atoms with Gasteiger partial charge in [-0.15, -0.1) is 0 Å². The number of aryl methyl sites for hydroxylation is 2. The summed E-state index contributed by atoms with van der Waals surface area (Å²) in [7, 11) is 0. The van der Waals surface area contributed by atoms with Gasteiger partial charge in [0, 0.05) is 6.20 Å². The van der Waals surface area contributed by atoms with Crippen molar-refractivity contribution in [1.29, 1.82) is 0 Å². The van der Waals surface area contributed by atoms with Gasteiger partial charge in [0.2, 0.25) is 0 Å². The van der Waals surface area contributed by atoms with E-state index in [-0.39, 0.29) is 27.9 Å². The van der Waals surface area contributed by atoms with E-state index in [1.165, 1.54) is 4.90 Å². The van der Waals surface area contributed by atoms with E-state index >= 15 is 0 Å². The van der Waals surface area contributed by atoms with Crippen LogP contribution in [0.1, 0.15) is 57.8 Å². The van der Waals surface area contributed by atoms with Crippen LogP contribution in [0, 0.1) is 13.8 Å². The Kier molecular flexibility index (Phi) is 8.77. The van der Waals surface area contributed by atoms with Crippen molar-refractivity contribution >= 4 is 45.5 Å². The van der Waals surface area contributed by atoms with Gasteiger partial charge in [0.05, 0.1) is 36.2 Å². The van der Waals surface area contributed by atoms with Crippen LogP contribution in [0.15, 0.2) is 78.5 Å². The average molecular weight is 653 g/mol. The number of hydrogen-bond donors (Lipinski definition) is 1. The van der Waals surface area contributed by atoms with Crippen molar-refractivity contribution in [2.45, 2.75) is 40.3 Å². The number of aromatic nitrogens is 3. The van der Waals surface area contributed by atoms with E-state index in [9.17, 15) is 19.5 Å². The molecule has 12 heteroatoms. The lowest BCUT2D eigenvalue weighted by atomic mass is 9.96. The predicted octanol–water partition coefficient (Wildman–Crippen LogP) is 6.19. The average Bonchev–Trinajstić information content (AvgIpc) is 3.70. The lowest BCUT2D eigenvalue weighted by molar-refractivity contribution is -0.132. The number of hydrogen-bond acceptors (Lipinski definition) is 10. The Hall–Kier alpha value is -5.49. The normalized spacial score (nSPS) is 15.7. The highest BCUT2D eigenvalue weighted by Gasteiger charge is 2.49. The lowest BCUT2D eigenvalue weighted by Crippen LogP contribution is -2.29. The molecular formula is C35H32N4O7S. The second-order valence-corrected chi connectivity index (χ2v) is 11.7. The van der Waals surface area contributed by atoms with Gasteiger partial charge in [0.25, 0.3) is 5.78 Å². The third-order valence-electron chi connectivity index (χ3n) is 7.65. The van der Waals surface area contributed by atoms with Gasteiger partial charge in [-0.25, -0.2) is 14.8 Å². The number of rotatable bonds is 10. The fourth-order valence-corrected chi connectivity index (χ4v) is 6.55. The molecule has 1 aliphatic rings. The van der Waals surface area contributed by atoms with E-state index in [1.54, 1.807) is 61.7 Å². The molecule has 1 aliphatic heterocycles. The summed E-state index contributed by atoms with van der Waals surface area (Å²) < 4.78 is 18.9. The fourth-order valence-electron chi connectivity index (χ4n) is 5.56. The monoisotopic (exact) mass is 652 g/mol. The first-order valence-electron chi connectivity index (χ1n) is 15.1. The third kappa shape index (κ3) is 5.83. The highest BCUT2D eigenvalue weighted by molar-refractivity contribution is 7.17. The molecule has 2 aromatic carbocycles. The van der Waals surface area contributed by atoms with Crippen LogP contribution in [-0.4, -0.2) is 50.3 Å². The number of benzene rings is 2. The minimum Gasteiger partial charge on any atom is -0.505 e. The van der Waals surface area contributed by atoms with E-state index in [0.29, 0.717) is 47.3 Å². The van der Waals surface area contributed by atoms with E-state index in [1.807, 2.05) is 43.3 Å². The molecule has 0 bridgehead atoms. The Morgan fingerprint density at radius 3 is 2.43 bits per heavy atom. The number of thiazole rings is 1. The molecule has 0 saturated carbocycles. The van der Waals surface area contributed by atoms with Crippen molar-refractivity contribution in [1.82, 2.24) is 14.4 Å². The first-order valence-corrected chi connectivity index (χ1v) is 15.9. The molecule has 4 heterocycles. The van der Waals surface area contributed by atoms with Crippen molar-refractivity contribution < 1.29 is 33.7 Å². The molecule has 0 aliphatic carbocycles. The molecule has 3 aromatic heterocycles. The standard InChI is InChI=1S/C35H32N4O7S/c1-5-44-25-18-23(15-16-24(25)46-19-22-12-8-7-9-13-22)29-27(30(40)28-20(3)36-26-14-10-11-17-38(26)28)31(41)33(42)39(29)35-37-21(4)32(47-35)34(43)45-6-2/h7-18,29,40H,5-6,19H2,1-4H3/b30-27+. The number of imidazole rings is 1. The number of amides is 1. The SMILES string of the molecule is CCOC(=O)c1sc(N2C(=O)C(=O)/C(=C(/O)c3c(C)nc4ccccn34)C2c2ccc(OCc3ccccc3)c(OCC)c2)nc1C. The number of anilines is 1. The van der Waals surface area contributed by atoms with Crippen LogP contribution >= 0.6 is 11.3 Å². The van der Waals surface area contributed by atoms with Crippen LogP contribution in [0.3, 0.4) is 0 Å². The molecule has 1 fully saturated rings. The van der Waals surface area contributed by atoms with Crippen molar-refractivity contribution in [3.63, 3.8) is 0 Å². The highest BCUT2D eigenvalue weighted by Crippen LogP contribution is 2.46. The zero-order valence-electron chi connectivity index (χ0n) is 26.2. The Bertz CT molecular complexity index is 2030. The summed E-state index contributed by atoms with van der Waals surface area (Å²) in [6.45, 7) is 7.65. The number of carbonyl (C=O) groups is 3. The summed E-state index contributed by atoms with van der Waals surface area (Å²) in [5.41, 5.74) is 2.92. The highest BCUT2D eigenvalue weighted by atomic mass is 32.1. The molecule has 1 N–H and O–H groups in total. The van der Waals surface area contributed by atoms with Crippen molar-refractivity contribution in [2.75, 3.05) is 18.1 Å². The minimum atomic E-state index is -1.13. The number of pyridine rings is 1. The molecule has 1 unspecified atom stereocenters. The van der Waals surface area contributed by atoms with E-state index in [2.05, 4.69) is 9.97 Å². The Morgan fingerprint density at radius 2 is 1.68 bits per heavy atom. The van der Waals surface area contributed by atoms with Crippen molar-refractivity contribution in [3.8, 4) is 11.5 Å². The Balaban J connectivity index is 1.52. The zero-order valence-corrected chi connectivity index (χ0v) is 27.0. The molecule has 1 atom stereocenters. The van der Waals surface area contributed by atoms with E-state index in [4.69, 9.17) is 14.2 Å². The van der Waals surface area contributed by atoms with Crippen LogP contribution in [0.4, 0.5) is 5.13 Å². The van der Waals surface area contributed by atoms with Gasteiger partial charge in [0.1, 0.15) is 22.8 Å². The number of esters is 1. The van der Waals surface area contributed by atoms with Gasteiger partial charge in [-0.05, 0) is 63.1 Å². The van der Waals surface area contributed by atoms with E-state index < -0.39 is 29.5 Å². The van der Waals surface area contributed by atoms with Crippen LogP contribution < -0.4 is 14.4 Å². The summed E-state index contributed by atoms with van der Waals surface area (Å²) >= 11 is 0.939. The number of ether oxygens (including phenoxy) is 3. The first-order chi connectivity index (χ1) is 22.7. The summed E-state index contributed by atoms with van der Waals surface area (Å²) in [6, 6.07) is 19.0. The molecule has 1 amide bonds. The van der Waals surface area contributed by atoms with Gasteiger partial charge < -0.3 is 19.3 Å². The number of nitrogens with zero attached hydrogens (tertiary/aromatic N) is 4. The van der Waals surface area contributed by atoms with Gasteiger partial charge >= 0.3 is 11.9 Å². The zero-order chi connectivity index (χ0) is 33.2. The maximum atomic E-state index is 13.9. The minimum absolute atomic E-state index is 0.105. The molecule has 47 heavy (non-hydrogen) atoms. The van der Waals surface area contributed by atoms with Gasteiger partial charge in [0.15, 0.2) is 22.4 Å². The summed E-state index contributed by atoms with van der Waals surface area (Å²) in [4.78, 5) is 50.9. The third-order valence-corrected chi connectivity index (χ3v) is 8.78. The Morgan fingerprint density at radius 1 is 0.915 bits per heavy atom. The molecule has 1 saturated heterocycles. The number of ketones is 1. The van der Waals surface area contributed by atoms with Crippen LogP contribution in [0.5, 0.6) is 11.5 Å². The number of Topliss-reactive ketones (excluding diaryl/α,β-unsaturated/α-hetero) is 1. The van der Waals surface area contributed by atoms with Crippen LogP contribution in [0.2, 0.25) is 0 Å². The molecule has 5 aromatic rings. The molecule has 6 rings (SSSR count). The summed E-state index contributed by atoms with van der Waals surface area (Å²) in [6.07, 6.45) is 1.72. The molecule has 11 nitrogen and oxygen atoms in total. The topological polar surface area (TPSA) is 133 Å².